The van der Waals surface area contributed by atoms with Gasteiger partial charge in [-0.15, -0.1) is 12.4 Å². The number of aliphatic hydroxyl groups excluding tert-OH is 1. The number of carbonyl (C=O) groups is 1. The van der Waals surface area contributed by atoms with Gasteiger partial charge in [0.2, 0.25) is 0 Å². The SMILES string of the molecule is CCCCCCCCCCCCCCCCCC(=O)O[C@H]1[C@@H]2Oc3nc(=N)ccn3[C@@H]2O[C@@H]1CO.Cl. The van der Waals surface area contributed by atoms with Crippen LogP contribution in [0.1, 0.15) is 116 Å². The van der Waals surface area contributed by atoms with E-state index in [9.17, 15) is 9.90 Å². The summed E-state index contributed by atoms with van der Waals surface area (Å²) >= 11 is 0. The van der Waals surface area contributed by atoms with Crippen LogP contribution in [0.3, 0.4) is 0 Å². The zero-order chi connectivity index (χ0) is 24.9. The van der Waals surface area contributed by atoms with E-state index in [0.29, 0.717) is 6.42 Å². The van der Waals surface area contributed by atoms with Crippen molar-refractivity contribution in [3.05, 3.63) is 17.8 Å². The summed E-state index contributed by atoms with van der Waals surface area (Å²) in [5.74, 6) is -0.286. The first kappa shape index (κ1) is 30.6. The third-order valence-corrected chi connectivity index (χ3v) is 7.06. The van der Waals surface area contributed by atoms with Gasteiger partial charge in [-0.25, -0.2) is 0 Å². The van der Waals surface area contributed by atoms with Crippen molar-refractivity contribution in [1.82, 2.24) is 9.55 Å². The van der Waals surface area contributed by atoms with Crippen LogP contribution < -0.4 is 10.2 Å². The molecule has 1 saturated heterocycles. The molecular weight excluding hydrogens is 482 g/mol. The van der Waals surface area contributed by atoms with Crippen molar-refractivity contribution >= 4 is 18.4 Å². The largest absolute Gasteiger partial charge is 0.455 e. The number of nitrogens with zero attached hydrogens (tertiary/aromatic N) is 2. The van der Waals surface area contributed by atoms with Crippen molar-refractivity contribution in [2.75, 3.05) is 6.61 Å². The van der Waals surface area contributed by atoms with Crippen LogP contribution in [-0.2, 0) is 14.3 Å². The molecule has 0 unspecified atom stereocenters. The van der Waals surface area contributed by atoms with Gasteiger partial charge in [0, 0.05) is 12.6 Å². The maximum Gasteiger partial charge on any atom is 0.306 e. The first-order valence-electron chi connectivity index (χ1n) is 13.9. The number of aliphatic hydroxyl groups is 1. The number of aromatic nitrogens is 2. The number of carbonyl (C=O) groups excluding carboxylic acids is 1. The van der Waals surface area contributed by atoms with Crippen LogP contribution >= 0.6 is 12.4 Å². The Hall–Kier alpha value is -1.64. The number of fused-ring (bicyclic) bond motifs is 3. The fraction of sp³-hybridized carbons (Fsp3) is 0.815. The molecule has 206 valence electrons. The number of hydrogen-bond acceptors (Lipinski definition) is 7. The number of ether oxygens (including phenoxy) is 3. The molecule has 4 atom stereocenters. The average Bonchev–Trinajstić information content (AvgIpc) is 3.36. The lowest BCUT2D eigenvalue weighted by molar-refractivity contribution is -0.156. The molecule has 1 aromatic heterocycles. The van der Waals surface area contributed by atoms with Gasteiger partial charge in [0.15, 0.2) is 23.9 Å². The number of esters is 1. The first-order chi connectivity index (χ1) is 17.1. The van der Waals surface area contributed by atoms with Crippen molar-refractivity contribution in [3.8, 4) is 6.01 Å². The van der Waals surface area contributed by atoms with Crippen LogP contribution in [0.5, 0.6) is 6.01 Å². The lowest BCUT2D eigenvalue weighted by atomic mass is 10.0. The van der Waals surface area contributed by atoms with Crippen LogP contribution in [0, 0.1) is 5.41 Å². The summed E-state index contributed by atoms with van der Waals surface area (Å²) in [5.41, 5.74) is 0.0941. The van der Waals surface area contributed by atoms with Gasteiger partial charge in [-0.05, 0) is 12.5 Å². The van der Waals surface area contributed by atoms with E-state index < -0.39 is 24.5 Å². The van der Waals surface area contributed by atoms with Crippen LogP contribution in [-0.4, -0.2) is 45.5 Å². The van der Waals surface area contributed by atoms with E-state index in [-0.39, 0.29) is 36.5 Å². The molecule has 0 aromatic carbocycles. The van der Waals surface area contributed by atoms with Crippen molar-refractivity contribution in [3.63, 3.8) is 0 Å². The maximum absolute atomic E-state index is 12.4. The summed E-state index contributed by atoms with van der Waals surface area (Å²) < 4.78 is 19.0. The Morgan fingerprint density at radius 2 is 1.56 bits per heavy atom. The fourth-order valence-electron chi connectivity index (χ4n) is 5.01. The van der Waals surface area contributed by atoms with Gasteiger partial charge in [-0.2, -0.15) is 4.98 Å². The Morgan fingerprint density at radius 1 is 1.00 bits per heavy atom. The summed E-state index contributed by atoms with van der Waals surface area (Å²) in [6.07, 6.45) is 18.9. The summed E-state index contributed by atoms with van der Waals surface area (Å²) in [5, 5.41) is 17.3. The van der Waals surface area contributed by atoms with Crippen molar-refractivity contribution in [2.24, 2.45) is 0 Å². The molecule has 8 nitrogen and oxygen atoms in total. The highest BCUT2D eigenvalue weighted by atomic mass is 35.5. The fourth-order valence-corrected chi connectivity index (χ4v) is 5.01. The summed E-state index contributed by atoms with van der Waals surface area (Å²) in [6, 6.07) is 1.81. The smallest absolute Gasteiger partial charge is 0.306 e. The normalized spacial score (nSPS) is 21.9. The van der Waals surface area contributed by atoms with Crippen molar-refractivity contribution in [2.45, 2.75) is 134 Å². The Bertz CT molecular complexity index is 821. The molecule has 0 saturated carbocycles. The third-order valence-electron chi connectivity index (χ3n) is 7.06. The molecule has 0 spiro atoms. The third kappa shape index (κ3) is 9.34. The molecule has 0 bridgehead atoms. The number of nitrogens with one attached hydrogen (secondary N) is 1. The van der Waals surface area contributed by atoms with Gasteiger partial charge >= 0.3 is 12.0 Å². The van der Waals surface area contributed by atoms with Crippen LogP contribution in [0.2, 0.25) is 0 Å². The highest BCUT2D eigenvalue weighted by Gasteiger charge is 2.53. The zero-order valence-electron chi connectivity index (χ0n) is 21.9. The number of unbranched alkanes of at least 4 members (excludes halogenated alkanes) is 14. The minimum absolute atomic E-state index is 0. The molecule has 0 radical (unpaired) electrons. The number of halogens is 1. The minimum atomic E-state index is -0.690. The summed E-state index contributed by atoms with van der Waals surface area (Å²) in [7, 11) is 0. The highest BCUT2D eigenvalue weighted by Crippen LogP contribution is 2.40. The predicted molar refractivity (Wildman–Crippen MR) is 140 cm³/mol. The number of hydrogen-bond donors (Lipinski definition) is 2. The van der Waals surface area contributed by atoms with Gasteiger partial charge in [-0.1, -0.05) is 96.8 Å². The summed E-state index contributed by atoms with van der Waals surface area (Å²) in [6.45, 7) is 2.01. The Balaban J connectivity index is 0.00000456. The maximum atomic E-state index is 12.4. The van der Waals surface area contributed by atoms with E-state index in [1.54, 1.807) is 16.8 Å². The van der Waals surface area contributed by atoms with Gasteiger partial charge in [0.1, 0.15) is 6.10 Å². The Labute approximate surface area is 222 Å². The molecule has 1 aromatic rings. The van der Waals surface area contributed by atoms with Gasteiger partial charge < -0.3 is 19.3 Å². The van der Waals surface area contributed by atoms with E-state index in [1.165, 1.54) is 77.0 Å². The zero-order valence-corrected chi connectivity index (χ0v) is 22.7. The molecule has 2 aliphatic rings. The number of rotatable bonds is 18. The van der Waals surface area contributed by atoms with E-state index in [1.807, 2.05) is 0 Å². The molecule has 2 aliphatic heterocycles. The minimum Gasteiger partial charge on any atom is -0.455 e. The lowest BCUT2D eigenvalue weighted by Gasteiger charge is -2.20. The van der Waals surface area contributed by atoms with Crippen LogP contribution in [0.15, 0.2) is 12.3 Å². The molecule has 2 N–H and O–H groups in total. The second kappa shape index (κ2) is 17.0. The van der Waals surface area contributed by atoms with Gasteiger partial charge in [0.25, 0.3) is 0 Å². The van der Waals surface area contributed by atoms with Crippen LogP contribution in [0.25, 0.3) is 0 Å². The molecular formula is C27H46ClN3O5. The predicted octanol–water partition coefficient (Wildman–Crippen LogP) is 5.61. The molecule has 36 heavy (non-hydrogen) atoms. The van der Waals surface area contributed by atoms with Crippen molar-refractivity contribution < 1.29 is 24.1 Å². The van der Waals surface area contributed by atoms with Crippen LogP contribution in [0.4, 0.5) is 0 Å². The van der Waals surface area contributed by atoms with E-state index in [4.69, 9.17) is 19.6 Å². The monoisotopic (exact) mass is 527 g/mol. The molecule has 9 heteroatoms. The quantitative estimate of drug-likeness (QED) is 0.190. The molecule has 3 rings (SSSR count). The molecule has 3 heterocycles. The van der Waals surface area contributed by atoms with E-state index in [0.717, 1.165) is 19.3 Å². The van der Waals surface area contributed by atoms with E-state index >= 15 is 0 Å². The highest BCUT2D eigenvalue weighted by molar-refractivity contribution is 5.85. The summed E-state index contributed by atoms with van der Waals surface area (Å²) in [4.78, 5) is 16.5. The second-order valence-corrected chi connectivity index (χ2v) is 9.99. The second-order valence-electron chi connectivity index (χ2n) is 9.99. The Morgan fingerprint density at radius 3 is 2.11 bits per heavy atom. The molecule has 0 amide bonds. The average molecular weight is 528 g/mol. The topological polar surface area (TPSA) is 107 Å². The van der Waals surface area contributed by atoms with Crippen molar-refractivity contribution in [1.29, 1.82) is 5.41 Å². The molecule has 1 fully saturated rings. The molecule has 0 aliphatic carbocycles. The van der Waals surface area contributed by atoms with E-state index in [2.05, 4.69) is 11.9 Å². The van der Waals surface area contributed by atoms with Gasteiger partial charge in [-0.3, -0.25) is 14.8 Å². The Kier molecular flexibility index (Phi) is 14.4. The standard InChI is InChI=1S/C27H45N3O5.ClH/c1-2-3-4-5-6-7-8-9-10-11-12-13-14-15-16-17-23(32)34-24-21(20-31)33-26-25(24)35-27-29-22(28)18-19-30(26)27;/h18-19,21,24-26,28,31H,2-17,20H2,1H3;1H/t21-,24-,25+,26-;/m1./s1. The first-order valence-corrected chi connectivity index (χ1v) is 13.9. The van der Waals surface area contributed by atoms with Gasteiger partial charge in [0.05, 0.1) is 6.61 Å². The lowest BCUT2D eigenvalue weighted by Crippen LogP contribution is -2.39.